The van der Waals surface area contributed by atoms with Gasteiger partial charge in [0, 0.05) is 6.42 Å². The van der Waals surface area contributed by atoms with Crippen LogP contribution in [0.5, 0.6) is 0 Å². The van der Waals surface area contributed by atoms with Gasteiger partial charge in [-0.2, -0.15) is 4.98 Å². The van der Waals surface area contributed by atoms with Crippen molar-refractivity contribution in [1.29, 1.82) is 0 Å². The topological polar surface area (TPSA) is 206 Å². The molecular formula is C14H18N6O7. The summed E-state index contributed by atoms with van der Waals surface area (Å²) in [6, 6.07) is -1.33. The smallest absolute Gasteiger partial charge is 0.305 e. The SMILES string of the molecule is N[C@@H](CC(=O)O)C(=O)Nc1nc2c(ncn2[C@H]2C[C@H](O)[C@@H](CO)O2)c(=O)[nH]1. The molecule has 146 valence electrons. The zero-order chi connectivity index (χ0) is 19.7. The molecule has 1 aliphatic heterocycles. The number of nitrogens with two attached hydrogens (primary N) is 1. The number of carbonyl (C=O) groups is 2. The number of hydrogen-bond acceptors (Lipinski definition) is 9. The lowest BCUT2D eigenvalue weighted by atomic mass is 10.2. The highest BCUT2D eigenvalue weighted by Crippen LogP contribution is 2.30. The van der Waals surface area contributed by atoms with Crippen LogP contribution in [0.1, 0.15) is 19.1 Å². The van der Waals surface area contributed by atoms with E-state index in [0.717, 1.165) is 0 Å². The fourth-order valence-corrected chi connectivity index (χ4v) is 2.74. The molecule has 0 bridgehead atoms. The van der Waals surface area contributed by atoms with Crippen LogP contribution in [0.25, 0.3) is 11.2 Å². The molecule has 3 heterocycles. The van der Waals surface area contributed by atoms with Gasteiger partial charge in [0.15, 0.2) is 11.2 Å². The van der Waals surface area contributed by atoms with Crippen molar-refractivity contribution >= 4 is 29.0 Å². The van der Waals surface area contributed by atoms with Crippen molar-refractivity contribution < 1.29 is 29.6 Å². The Balaban J connectivity index is 1.88. The maximum atomic E-state index is 12.2. The number of aromatic amines is 1. The first-order valence-corrected chi connectivity index (χ1v) is 7.99. The molecule has 0 aliphatic carbocycles. The molecule has 13 nitrogen and oxygen atoms in total. The molecule has 1 saturated heterocycles. The van der Waals surface area contributed by atoms with Crippen molar-refractivity contribution in [2.45, 2.75) is 37.3 Å². The Morgan fingerprint density at radius 3 is 2.89 bits per heavy atom. The van der Waals surface area contributed by atoms with E-state index in [9.17, 15) is 24.6 Å². The number of carboxylic acid groups (broad SMARTS) is 1. The molecule has 2 aromatic heterocycles. The number of rotatable bonds is 6. The number of amides is 1. The van der Waals surface area contributed by atoms with E-state index in [0.29, 0.717) is 0 Å². The predicted octanol–water partition coefficient (Wildman–Crippen LogP) is -2.50. The summed E-state index contributed by atoms with van der Waals surface area (Å²) in [7, 11) is 0. The van der Waals surface area contributed by atoms with Crippen molar-refractivity contribution in [3.63, 3.8) is 0 Å². The zero-order valence-corrected chi connectivity index (χ0v) is 13.9. The molecule has 4 atom stereocenters. The number of aliphatic hydroxyl groups is 2. The first-order valence-electron chi connectivity index (χ1n) is 7.99. The number of anilines is 1. The molecule has 0 aromatic carbocycles. The Kier molecular flexibility index (Phi) is 5.18. The Morgan fingerprint density at radius 2 is 2.26 bits per heavy atom. The molecule has 1 amide bonds. The predicted molar refractivity (Wildman–Crippen MR) is 88.6 cm³/mol. The van der Waals surface area contributed by atoms with Gasteiger partial charge in [-0.15, -0.1) is 0 Å². The Bertz CT molecular complexity index is 924. The van der Waals surface area contributed by atoms with E-state index in [2.05, 4.69) is 20.3 Å². The summed E-state index contributed by atoms with van der Waals surface area (Å²) in [6.45, 7) is -0.374. The van der Waals surface area contributed by atoms with Gasteiger partial charge in [-0.3, -0.25) is 29.3 Å². The molecule has 3 rings (SSSR count). The maximum absolute atomic E-state index is 12.2. The molecule has 7 N–H and O–H groups in total. The van der Waals surface area contributed by atoms with E-state index in [4.69, 9.17) is 15.6 Å². The summed E-state index contributed by atoms with van der Waals surface area (Å²) in [5.41, 5.74) is 4.89. The highest BCUT2D eigenvalue weighted by molar-refractivity contribution is 5.95. The van der Waals surface area contributed by atoms with Crippen LogP contribution in [0.15, 0.2) is 11.1 Å². The molecule has 1 aliphatic rings. The van der Waals surface area contributed by atoms with Gasteiger partial charge in [0.05, 0.1) is 31.5 Å². The van der Waals surface area contributed by atoms with Gasteiger partial charge in [-0.05, 0) is 0 Å². The van der Waals surface area contributed by atoms with E-state index in [1.165, 1.54) is 10.9 Å². The third-order valence-electron chi connectivity index (χ3n) is 4.10. The van der Waals surface area contributed by atoms with Gasteiger partial charge >= 0.3 is 5.97 Å². The number of nitrogens with one attached hydrogen (secondary N) is 2. The van der Waals surface area contributed by atoms with Crippen molar-refractivity contribution in [3.8, 4) is 0 Å². The molecule has 0 spiro atoms. The molecule has 2 aromatic rings. The summed E-state index contributed by atoms with van der Waals surface area (Å²) >= 11 is 0. The second-order valence-corrected chi connectivity index (χ2v) is 6.05. The summed E-state index contributed by atoms with van der Waals surface area (Å²) in [6.07, 6.45) is -1.53. The molecular weight excluding hydrogens is 364 g/mol. The van der Waals surface area contributed by atoms with Gasteiger partial charge in [-0.25, -0.2) is 4.98 Å². The fourth-order valence-electron chi connectivity index (χ4n) is 2.74. The summed E-state index contributed by atoms with van der Waals surface area (Å²) in [5, 5.41) is 30.0. The Labute approximate surface area is 150 Å². The molecule has 13 heteroatoms. The highest BCUT2D eigenvalue weighted by Gasteiger charge is 2.35. The average molecular weight is 382 g/mol. The second kappa shape index (κ2) is 7.40. The quantitative estimate of drug-likeness (QED) is 0.309. The lowest BCUT2D eigenvalue weighted by molar-refractivity contribution is -0.138. The number of aliphatic carboxylic acids is 1. The molecule has 27 heavy (non-hydrogen) atoms. The number of ether oxygens (including phenoxy) is 1. The largest absolute Gasteiger partial charge is 0.481 e. The van der Waals surface area contributed by atoms with Crippen LogP contribution in [0.2, 0.25) is 0 Å². The molecule has 0 radical (unpaired) electrons. The first-order chi connectivity index (χ1) is 12.8. The Morgan fingerprint density at radius 1 is 1.52 bits per heavy atom. The lowest BCUT2D eigenvalue weighted by Crippen LogP contribution is -2.38. The van der Waals surface area contributed by atoms with Crippen molar-refractivity contribution in [2.24, 2.45) is 5.73 Å². The average Bonchev–Trinajstić information content (AvgIpc) is 3.17. The lowest BCUT2D eigenvalue weighted by Gasteiger charge is -2.14. The van der Waals surface area contributed by atoms with Gasteiger partial charge in [0.1, 0.15) is 12.3 Å². The van der Waals surface area contributed by atoms with E-state index in [1.54, 1.807) is 0 Å². The number of carbonyl (C=O) groups excluding carboxylic acids is 1. The van der Waals surface area contributed by atoms with E-state index in [-0.39, 0.29) is 30.1 Å². The van der Waals surface area contributed by atoms with Crippen LogP contribution >= 0.6 is 0 Å². The van der Waals surface area contributed by atoms with Gasteiger partial charge < -0.3 is 25.8 Å². The highest BCUT2D eigenvalue weighted by atomic mass is 16.5. The number of imidazole rings is 1. The minimum Gasteiger partial charge on any atom is -0.481 e. The summed E-state index contributed by atoms with van der Waals surface area (Å²) in [5.74, 6) is -2.32. The number of fused-ring (bicyclic) bond motifs is 1. The van der Waals surface area contributed by atoms with Crippen LogP contribution in [0.3, 0.4) is 0 Å². The number of aliphatic hydroxyl groups excluding tert-OH is 2. The van der Waals surface area contributed by atoms with Crippen LogP contribution < -0.4 is 16.6 Å². The van der Waals surface area contributed by atoms with Crippen LogP contribution in [0.4, 0.5) is 5.95 Å². The third-order valence-corrected chi connectivity index (χ3v) is 4.10. The van der Waals surface area contributed by atoms with Gasteiger partial charge in [-0.1, -0.05) is 0 Å². The van der Waals surface area contributed by atoms with Crippen molar-refractivity contribution in [2.75, 3.05) is 11.9 Å². The van der Waals surface area contributed by atoms with Crippen molar-refractivity contribution in [3.05, 3.63) is 16.7 Å². The normalized spacial score (nSPS) is 23.4. The van der Waals surface area contributed by atoms with E-state index < -0.39 is 48.3 Å². The fraction of sp³-hybridized carbons (Fsp3) is 0.500. The van der Waals surface area contributed by atoms with Crippen LogP contribution in [-0.2, 0) is 14.3 Å². The van der Waals surface area contributed by atoms with E-state index in [1.807, 2.05) is 0 Å². The van der Waals surface area contributed by atoms with Gasteiger partial charge in [0.2, 0.25) is 11.9 Å². The minimum atomic E-state index is -1.33. The molecule has 1 fully saturated rings. The van der Waals surface area contributed by atoms with E-state index >= 15 is 0 Å². The van der Waals surface area contributed by atoms with Crippen LogP contribution in [-0.4, -0.2) is 71.6 Å². The first kappa shape index (κ1) is 18.9. The standard InChI is InChI=1S/C14H18N6O7/c15-5(1-9(23)24)12(25)18-14-17-11-10(13(26)19-14)16-4-20(11)8-2-6(22)7(3-21)27-8/h4-8,21-22H,1-3,15H2,(H,23,24)(H2,17,18,19,25,26)/t5-,6-,7+,8+/m0/s1. The minimum absolute atomic E-state index is 0.0200. The van der Waals surface area contributed by atoms with Gasteiger partial charge in [0.25, 0.3) is 5.56 Å². The number of H-pyrrole nitrogens is 1. The molecule has 0 unspecified atom stereocenters. The second-order valence-electron chi connectivity index (χ2n) is 6.05. The number of hydrogen-bond donors (Lipinski definition) is 6. The number of carboxylic acids is 1. The monoisotopic (exact) mass is 382 g/mol. The molecule has 0 saturated carbocycles. The third kappa shape index (κ3) is 3.80. The number of aromatic nitrogens is 4. The maximum Gasteiger partial charge on any atom is 0.305 e. The van der Waals surface area contributed by atoms with Crippen molar-refractivity contribution in [1.82, 2.24) is 19.5 Å². The summed E-state index contributed by atoms with van der Waals surface area (Å²) in [4.78, 5) is 45.1. The number of nitrogens with zero attached hydrogens (tertiary/aromatic N) is 3. The van der Waals surface area contributed by atoms with Crippen LogP contribution in [0, 0.1) is 0 Å². The summed E-state index contributed by atoms with van der Waals surface area (Å²) < 4.78 is 6.92. The zero-order valence-electron chi connectivity index (χ0n) is 13.9. The Hall–Kier alpha value is -2.87.